The predicted molar refractivity (Wildman–Crippen MR) is 75.5 cm³/mol. The summed E-state index contributed by atoms with van der Waals surface area (Å²) >= 11 is 3.29. The maximum Gasteiger partial charge on any atom is 0.220 e. The van der Waals surface area contributed by atoms with Crippen molar-refractivity contribution in [2.45, 2.75) is 40.5 Å². The lowest BCUT2D eigenvalue weighted by molar-refractivity contribution is -0.122. The molecule has 0 aliphatic rings. The normalized spacial score (nSPS) is 13.5. The molecule has 0 fully saturated rings. The van der Waals surface area contributed by atoms with Crippen molar-refractivity contribution in [1.29, 1.82) is 0 Å². The van der Waals surface area contributed by atoms with Crippen molar-refractivity contribution in [2.24, 2.45) is 11.3 Å². The van der Waals surface area contributed by atoms with Crippen molar-refractivity contribution >= 4 is 21.8 Å². The number of carbonyl (C=O) groups is 1. The molecule has 1 unspecified atom stereocenters. The minimum Gasteiger partial charge on any atom is -0.381 e. The van der Waals surface area contributed by atoms with Gasteiger partial charge in [0.15, 0.2) is 0 Å². The Hall–Kier alpha value is -0.0900. The molecule has 0 aliphatic heterocycles. The van der Waals surface area contributed by atoms with E-state index in [0.717, 1.165) is 18.4 Å². The lowest BCUT2D eigenvalue weighted by Crippen LogP contribution is -2.30. The molecule has 0 bridgehead atoms. The van der Waals surface area contributed by atoms with Crippen LogP contribution in [-0.2, 0) is 9.53 Å². The van der Waals surface area contributed by atoms with Crippen LogP contribution in [0.15, 0.2) is 0 Å². The SMILES string of the molecule is CC(CC(=O)NCCCOCCBr)C(C)(C)C. The summed E-state index contributed by atoms with van der Waals surface area (Å²) in [6.07, 6.45) is 1.48. The molecule has 0 aromatic rings. The van der Waals surface area contributed by atoms with Crippen molar-refractivity contribution in [1.82, 2.24) is 5.32 Å². The second-order valence-corrected chi connectivity index (χ2v) is 6.27. The van der Waals surface area contributed by atoms with E-state index < -0.39 is 0 Å². The van der Waals surface area contributed by atoms with E-state index in [4.69, 9.17) is 4.74 Å². The number of nitrogens with one attached hydrogen (secondary N) is 1. The van der Waals surface area contributed by atoms with Gasteiger partial charge in [-0.15, -0.1) is 0 Å². The molecule has 1 N–H and O–H groups in total. The van der Waals surface area contributed by atoms with Crippen molar-refractivity contribution in [3.8, 4) is 0 Å². The fourth-order valence-corrected chi connectivity index (χ4v) is 1.44. The van der Waals surface area contributed by atoms with E-state index in [0.29, 0.717) is 25.5 Å². The summed E-state index contributed by atoms with van der Waals surface area (Å²) in [6, 6.07) is 0. The van der Waals surface area contributed by atoms with Gasteiger partial charge in [-0.3, -0.25) is 4.79 Å². The first kappa shape index (κ1) is 16.9. The number of alkyl halides is 1. The number of halogens is 1. The standard InChI is InChI=1S/C13H26BrNO2/c1-11(13(2,3)4)10-12(16)15-7-5-8-17-9-6-14/h11H,5-10H2,1-4H3,(H,15,16). The molecule has 0 spiro atoms. The first-order valence-corrected chi connectivity index (χ1v) is 7.40. The van der Waals surface area contributed by atoms with Gasteiger partial charge in [0.05, 0.1) is 6.61 Å². The Morgan fingerprint density at radius 3 is 2.53 bits per heavy atom. The van der Waals surface area contributed by atoms with E-state index in [1.165, 1.54) is 0 Å². The summed E-state index contributed by atoms with van der Waals surface area (Å²) < 4.78 is 5.30. The van der Waals surface area contributed by atoms with Crippen LogP contribution in [0.3, 0.4) is 0 Å². The van der Waals surface area contributed by atoms with E-state index in [-0.39, 0.29) is 11.3 Å². The monoisotopic (exact) mass is 307 g/mol. The number of hydrogen-bond donors (Lipinski definition) is 1. The molecule has 3 nitrogen and oxygen atoms in total. The maximum atomic E-state index is 11.6. The highest BCUT2D eigenvalue weighted by molar-refractivity contribution is 9.09. The van der Waals surface area contributed by atoms with Crippen LogP contribution in [0.2, 0.25) is 0 Å². The van der Waals surface area contributed by atoms with Gasteiger partial charge in [0.1, 0.15) is 0 Å². The summed E-state index contributed by atoms with van der Waals surface area (Å²) in [4.78, 5) is 11.6. The summed E-state index contributed by atoms with van der Waals surface area (Å²) in [5, 5.41) is 3.80. The average molecular weight is 308 g/mol. The van der Waals surface area contributed by atoms with Gasteiger partial charge < -0.3 is 10.1 Å². The zero-order valence-corrected chi connectivity index (χ0v) is 13.1. The van der Waals surface area contributed by atoms with E-state index in [2.05, 4.69) is 48.9 Å². The fraction of sp³-hybridized carbons (Fsp3) is 0.923. The van der Waals surface area contributed by atoms with Crippen LogP contribution < -0.4 is 5.32 Å². The minimum atomic E-state index is 0.146. The van der Waals surface area contributed by atoms with Crippen molar-refractivity contribution < 1.29 is 9.53 Å². The highest BCUT2D eigenvalue weighted by atomic mass is 79.9. The van der Waals surface area contributed by atoms with Gasteiger partial charge in [0, 0.05) is 24.9 Å². The smallest absolute Gasteiger partial charge is 0.220 e. The van der Waals surface area contributed by atoms with Gasteiger partial charge in [0.25, 0.3) is 0 Å². The van der Waals surface area contributed by atoms with Gasteiger partial charge in [-0.2, -0.15) is 0 Å². The van der Waals surface area contributed by atoms with Gasteiger partial charge >= 0.3 is 0 Å². The molecule has 1 atom stereocenters. The highest BCUT2D eigenvalue weighted by Gasteiger charge is 2.22. The zero-order chi connectivity index (χ0) is 13.3. The van der Waals surface area contributed by atoms with Crippen LogP contribution in [0.4, 0.5) is 0 Å². The van der Waals surface area contributed by atoms with E-state index in [9.17, 15) is 4.79 Å². The summed E-state index contributed by atoms with van der Waals surface area (Å²) in [7, 11) is 0. The molecule has 0 saturated heterocycles. The van der Waals surface area contributed by atoms with E-state index >= 15 is 0 Å². The maximum absolute atomic E-state index is 11.6. The van der Waals surface area contributed by atoms with Crippen LogP contribution in [0.5, 0.6) is 0 Å². The van der Waals surface area contributed by atoms with Crippen molar-refractivity contribution in [3.63, 3.8) is 0 Å². The summed E-state index contributed by atoms with van der Waals surface area (Å²) in [6.45, 7) is 10.8. The molecule has 1 amide bonds. The fourth-order valence-electron chi connectivity index (χ4n) is 1.22. The Kier molecular flexibility index (Phi) is 8.88. The molecule has 0 radical (unpaired) electrons. The van der Waals surface area contributed by atoms with Gasteiger partial charge in [-0.25, -0.2) is 0 Å². The van der Waals surface area contributed by atoms with Crippen LogP contribution in [0, 0.1) is 11.3 Å². The molecule has 0 heterocycles. The second-order valence-electron chi connectivity index (χ2n) is 5.48. The molecule has 17 heavy (non-hydrogen) atoms. The Bertz CT molecular complexity index is 214. The Morgan fingerprint density at radius 1 is 1.35 bits per heavy atom. The predicted octanol–water partition coefficient (Wildman–Crippen LogP) is 2.98. The first-order chi connectivity index (χ1) is 7.88. The third kappa shape index (κ3) is 9.60. The molecule has 0 saturated carbocycles. The molecule has 0 aliphatic carbocycles. The minimum absolute atomic E-state index is 0.146. The third-order valence-corrected chi connectivity index (χ3v) is 3.30. The Labute approximate surface area is 114 Å². The van der Waals surface area contributed by atoms with Gasteiger partial charge in [-0.1, -0.05) is 43.6 Å². The van der Waals surface area contributed by atoms with Crippen LogP contribution in [0.1, 0.15) is 40.5 Å². The van der Waals surface area contributed by atoms with Crippen LogP contribution in [-0.4, -0.2) is 31.0 Å². The number of ether oxygens (including phenoxy) is 1. The number of carbonyl (C=O) groups excluding carboxylic acids is 1. The van der Waals surface area contributed by atoms with Crippen molar-refractivity contribution in [3.05, 3.63) is 0 Å². The van der Waals surface area contributed by atoms with E-state index in [1.807, 2.05) is 0 Å². The topological polar surface area (TPSA) is 38.3 Å². The zero-order valence-electron chi connectivity index (χ0n) is 11.5. The lowest BCUT2D eigenvalue weighted by atomic mass is 9.80. The Morgan fingerprint density at radius 2 is 2.00 bits per heavy atom. The largest absolute Gasteiger partial charge is 0.381 e. The van der Waals surface area contributed by atoms with E-state index in [1.54, 1.807) is 0 Å². The number of rotatable bonds is 8. The molecule has 0 aromatic heterocycles. The van der Waals surface area contributed by atoms with Crippen molar-refractivity contribution in [2.75, 3.05) is 25.1 Å². The highest BCUT2D eigenvalue weighted by Crippen LogP contribution is 2.27. The molecular formula is C13H26BrNO2. The summed E-state index contributed by atoms with van der Waals surface area (Å²) in [5.74, 6) is 0.542. The van der Waals surface area contributed by atoms with Gasteiger partial charge in [0.2, 0.25) is 5.91 Å². The Balaban J connectivity index is 3.53. The molecule has 4 heteroatoms. The van der Waals surface area contributed by atoms with Crippen LogP contribution in [0.25, 0.3) is 0 Å². The molecule has 0 aromatic carbocycles. The third-order valence-electron chi connectivity index (χ3n) is 2.98. The number of hydrogen-bond acceptors (Lipinski definition) is 2. The first-order valence-electron chi connectivity index (χ1n) is 6.28. The average Bonchev–Trinajstić information content (AvgIpc) is 2.21. The molecule has 102 valence electrons. The second kappa shape index (κ2) is 8.92. The van der Waals surface area contributed by atoms with Crippen LogP contribution >= 0.6 is 15.9 Å². The number of amides is 1. The summed E-state index contributed by atoms with van der Waals surface area (Å²) in [5.41, 5.74) is 0.191. The molecule has 0 rings (SSSR count). The quantitative estimate of drug-likeness (QED) is 0.553. The molecular weight excluding hydrogens is 282 g/mol. The van der Waals surface area contributed by atoms with Gasteiger partial charge in [-0.05, 0) is 17.8 Å². The lowest BCUT2D eigenvalue weighted by Gasteiger charge is -2.26.